The van der Waals surface area contributed by atoms with Gasteiger partial charge in [-0.15, -0.1) is 0 Å². The van der Waals surface area contributed by atoms with Crippen LogP contribution in [0.25, 0.3) is 0 Å². The second-order valence-corrected chi connectivity index (χ2v) is 8.21. The van der Waals surface area contributed by atoms with Gasteiger partial charge in [0.1, 0.15) is 23.4 Å². The highest BCUT2D eigenvalue weighted by Crippen LogP contribution is 2.38. The molecule has 8 nitrogen and oxygen atoms in total. The number of carbonyl (C=O) groups excluding carboxylic acids is 2. The molecule has 2 aliphatic rings. The van der Waals surface area contributed by atoms with E-state index in [4.69, 9.17) is 14.9 Å². The zero-order valence-corrected chi connectivity index (χ0v) is 19.3. The summed E-state index contributed by atoms with van der Waals surface area (Å²) in [5, 5.41) is 12.3. The number of ether oxygens (including phenoxy) is 2. The summed E-state index contributed by atoms with van der Waals surface area (Å²) < 4.78 is 10.8. The van der Waals surface area contributed by atoms with Gasteiger partial charge in [0.25, 0.3) is 0 Å². The average Bonchev–Trinajstić information content (AvgIpc) is 3.34. The molecule has 0 saturated carbocycles. The molecular formula is C25H28N4O4. The molecule has 2 aromatic rings. The third kappa shape index (κ3) is 4.16. The molecule has 2 heterocycles. The molecular weight excluding hydrogens is 420 g/mol. The Morgan fingerprint density at radius 3 is 2.45 bits per heavy atom. The van der Waals surface area contributed by atoms with Crippen molar-refractivity contribution in [3.05, 3.63) is 59.3 Å². The van der Waals surface area contributed by atoms with Crippen molar-refractivity contribution in [3.63, 3.8) is 0 Å². The molecule has 0 aromatic heterocycles. The number of para-hydroxylation sites is 1. The zero-order valence-electron chi connectivity index (χ0n) is 19.3. The Kier molecular flexibility index (Phi) is 6.09. The molecule has 1 fully saturated rings. The highest BCUT2D eigenvalue weighted by molar-refractivity contribution is 6.35. The van der Waals surface area contributed by atoms with Gasteiger partial charge in [-0.25, -0.2) is 0 Å². The summed E-state index contributed by atoms with van der Waals surface area (Å²) >= 11 is 0. The summed E-state index contributed by atoms with van der Waals surface area (Å²) in [6.07, 6.45) is 0.954. The van der Waals surface area contributed by atoms with E-state index in [-0.39, 0.29) is 17.5 Å². The highest BCUT2D eigenvalue weighted by Gasteiger charge is 2.44. The van der Waals surface area contributed by atoms with E-state index in [0.29, 0.717) is 42.1 Å². The van der Waals surface area contributed by atoms with Gasteiger partial charge in [-0.1, -0.05) is 18.2 Å². The molecule has 0 aliphatic carbocycles. The van der Waals surface area contributed by atoms with Crippen molar-refractivity contribution >= 4 is 28.9 Å². The number of methoxy groups -OCH3 is 2. The van der Waals surface area contributed by atoms with Crippen LogP contribution in [0.15, 0.2) is 53.7 Å². The first kappa shape index (κ1) is 22.4. The molecule has 0 radical (unpaired) electrons. The van der Waals surface area contributed by atoms with E-state index in [2.05, 4.69) is 5.32 Å². The number of nitrogens with one attached hydrogen (secondary N) is 2. The van der Waals surface area contributed by atoms with E-state index in [1.165, 1.54) is 6.92 Å². The van der Waals surface area contributed by atoms with E-state index in [0.717, 1.165) is 16.9 Å². The number of Topliss-reactive ketones (excluding diaryl/α,β-unsaturated/α-hetero) is 1. The number of hydrogen-bond acceptors (Lipinski definition) is 6. The third-order valence-corrected chi connectivity index (χ3v) is 6.20. The monoisotopic (exact) mass is 448 g/mol. The van der Waals surface area contributed by atoms with Gasteiger partial charge in [-0.3, -0.25) is 15.0 Å². The van der Waals surface area contributed by atoms with E-state index < -0.39 is 6.04 Å². The zero-order chi connectivity index (χ0) is 23.7. The minimum Gasteiger partial charge on any atom is -0.497 e. The van der Waals surface area contributed by atoms with Gasteiger partial charge in [0.2, 0.25) is 5.91 Å². The molecule has 1 atom stereocenters. The average molecular weight is 449 g/mol. The number of allylic oxidation sites excluding steroid dienone is 1. The fourth-order valence-corrected chi connectivity index (χ4v) is 4.29. The Hall–Kier alpha value is -3.81. The maximum absolute atomic E-state index is 13.7. The van der Waals surface area contributed by atoms with Crippen LogP contribution in [0.5, 0.6) is 11.5 Å². The normalized spacial score (nSPS) is 19.4. The van der Waals surface area contributed by atoms with Crippen molar-refractivity contribution in [2.45, 2.75) is 25.8 Å². The van der Waals surface area contributed by atoms with Gasteiger partial charge in [0.05, 0.1) is 25.5 Å². The van der Waals surface area contributed by atoms with E-state index in [1.807, 2.05) is 24.3 Å². The number of nitrogens with zero attached hydrogens (tertiary/aromatic N) is 2. The second kappa shape index (κ2) is 8.97. The van der Waals surface area contributed by atoms with Crippen LogP contribution in [0.4, 0.5) is 11.4 Å². The van der Waals surface area contributed by atoms with Gasteiger partial charge in [-0.2, -0.15) is 0 Å². The fraction of sp³-hybridized carbons (Fsp3) is 0.320. The molecule has 1 unspecified atom stereocenters. The van der Waals surface area contributed by atoms with Gasteiger partial charge in [0, 0.05) is 56.5 Å². The number of amidine groups is 1. The molecule has 2 aromatic carbocycles. The van der Waals surface area contributed by atoms with Gasteiger partial charge in [-0.05, 0) is 18.1 Å². The topological polar surface area (TPSA) is 95.0 Å². The lowest BCUT2D eigenvalue weighted by Crippen LogP contribution is -2.38. The summed E-state index contributed by atoms with van der Waals surface area (Å²) in [6.45, 7) is 1.89. The number of rotatable bonds is 6. The number of carbonyl (C=O) groups is 2. The number of anilines is 2. The van der Waals surface area contributed by atoms with Crippen molar-refractivity contribution in [2.24, 2.45) is 0 Å². The number of ketones is 1. The summed E-state index contributed by atoms with van der Waals surface area (Å²) in [4.78, 5) is 28.7. The van der Waals surface area contributed by atoms with Crippen LogP contribution in [-0.2, 0) is 16.0 Å². The van der Waals surface area contributed by atoms with Crippen LogP contribution in [-0.4, -0.2) is 56.3 Å². The van der Waals surface area contributed by atoms with E-state index in [1.54, 1.807) is 49.3 Å². The quantitative estimate of drug-likeness (QED) is 0.659. The molecule has 2 aliphatic heterocycles. The maximum atomic E-state index is 13.7. The maximum Gasteiger partial charge on any atom is 0.219 e. The van der Waals surface area contributed by atoms with Crippen LogP contribution in [0.2, 0.25) is 0 Å². The standard InChI is InChI=1S/C25H28N4O4/c1-15(30)28(2)10-9-22-24(31)23(21-11-16-7-5-6-8-20(16)27-21)25(26)29(22)17-12-18(32-3)14-19(13-17)33-4/h5-8,12-14,22,26-27H,9-11H2,1-4H3. The van der Waals surface area contributed by atoms with Crippen molar-refractivity contribution in [3.8, 4) is 11.5 Å². The summed E-state index contributed by atoms with van der Waals surface area (Å²) in [5.41, 5.74) is 3.79. The van der Waals surface area contributed by atoms with E-state index in [9.17, 15) is 9.59 Å². The Labute approximate surface area is 193 Å². The van der Waals surface area contributed by atoms with Crippen molar-refractivity contribution in [2.75, 3.05) is 38.0 Å². The summed E-state index contributed by atoms with van der Waals surface area (Å²) in [5.74, 6) is 1.06. The van der Waals surface area contributed by atoms with Gasteiger partial charge < -0.3 is 24.6 Å². The summed E-state index contributed by atoms with van der Waals surface area (Å²) in [7, 11) is 4.83. The van der Waals surface area contributed by atoms with Crippen molar-refractivity contribution in [1.82, 2.24) is 4.90 Å². The van der Waals surface area contributed by atoms with Crippen LogP contribution >= 0.6 is 0 Å². The van der Waals surface area contributed by atoms with Crippen LogP contribution in [0.1, 0.15) is 18.9 Å². The molecule has 2 N–H and O–H groups in total. The van der Waals surface area contributed by atoms with Crippen molar-refractivity contribution in [1.29, 1.82) is 5.41 Å². The molecule has 1 saturated heterocycles. The molecule has 4 rings (SSSR count). The number of hydrogen-bond donors (Lipinski definition) is 2. The van der Waals surface area contributed by atoms with Crippen LogP contribution in [0.3, 0.4) is 0 Å². The van der Waals surface area contributed by atoms with E-state index >= 15 is 0 Å². The molecule has 0 bridgehead atoms. The molecule has 8 heteroatoms. The van der Waals surface area contributed by atoms with Crippen LogP contribution in [0, 0.1) is 5.41 Å². The summed E-state index contributed by atoms with van der Waals surface area (Å²) in [6, 6.07) is 12.6. The van der Waals surface area contributed by atoms with Crippen LogP contribution < -0.4 is 19.7 Å². The highest BCUT2D eigenvalue weighted by atomic mass is 16.5. The van der Waals surface area contributed by atoms with Crippen molar-refractivity contribution < 1.29 is 19.1 Å². The lowest BCUT2D eigenvalue weighted by atomic mass is 10.0. The Morgan fingerprint density at radius 2 is 1.85 bits per heavy atom. The smallest absolute Gasteiger partial charge is 0.219 e. The first-order chi connectivity index (χ1) is 15.8. The van der Waals surface area contributed by atoms with Gasteiger partial charge in [0.15, 0.2) is 5.78 Å². The number of benzene rings is 2. The van der Waals surface area contributed by atoms with Gasteiger partial charge >= 0.3 is 0 Å². The predicted molar refractivity (Wildman–Crippen MR) is 127 cm³/mol. The molecule has 0 spiro atoms. The molecule has 172 valence electrons. The lowest BCUT2D eigenvalue weighted by molar-refractivity contribution is -0.128. The Balaban J connectivity index is 1.76. The lowest BCUT2D eigenvalue weighted by Gasteiger charge is -2.27. The fourth-order valence-electron chi connectivity index (χ4n) is 4.29. The minimum atomic E-state index is -0.621. The first-order valence-corrected chi connectivity index (χ1v) is 10.8. The molecule has 33 heavy (non-hydrogen) atoms. The molecule has 1 amide bonds. The minimum absolute atomic E-state index is 0.0726. The Morgan fingerprint density at radius 1 is 1.18 bits per heavy atom. The SMILES string of the molecule is COc1cc(OC)cc(N2C(=N)C(=C3Cc4ccccc4N3)C(=O)C2CCN(C)C(C)=O)c1. The third-order valence-electron chi connectivity index (χ3n) is 6.20. The number of amides is 1. The Bertz CT molecular complexity index is 1110. The first-order valence-electron chi connectivity index (χ1n) is 10.8. The largest absolute Gasteiger partial charge is 0.497 e. The number of fused-ring (bicyclic) bond motifs is 1. The second-order valence-electron chi connectivity index (χ2n) is 8.21. The predicted octanol–water partition coefficient (Wildman–Crippen LogP) is 3.23.